The van der Waals surface area contributed by atoms with Crippen molar-refractivity contribution in [3.8, 4) is 0 Å². The summed E-state index contributed by atoms with van der Waals surface area (Å²) in [5, 5.41) is 11.5. The highest BCUT2D eigenvalue weighted by atomic mass is 33.0. The third-order valence-corrected chi connectivity index (χ3v) is 33.1. The van der Waals surface area contributed by atoms with E-state index in [4.69, 9.17) is 18.7 Å². The smallest absolute Gasteiger partial charge is 0.338 e. The lowest BCUT2D eigenvalue weighted by Gasteiger charge is -2.66. The van der Waals surface area contributed by atoms with Gasteiger partial charge in [0.25, 0.3) is 0 Å². The molecule has 0 amide bonds. The molecular weight excluding hydrogens is 705 g/mol. The monoisotopic (exact) mass is 750 g/mol. The molecule has 3 fully saturated rings. The van der Waals surface area contributed by atoms with Crippen LogP contribution >= 0.6 is 57.2 Å². The second kappa shape index (κ2) is 13.6. The number of hydrogen-bond donors (Lipinski definition) is 1. The fourth-order valence-electron chi connectivity index (χ4n) is 8.71. The number of hydrogen-bond acceptors (Lipinski definition) is 8. The van der Waals surface area contributed by atoms with Crippen LogP contribution in [-0.4, -0.2) is 59.5 Å². The van der Waals surface area contributed by atoms with E-state index < -0.39 is 92.0 Å². The lowest BCUT2D eigenvalue weighted by molar-refractivity contribution is -0.332. The second-order valence-corrected chi connectivity index (χ2v) is 37.1. The van der Waals surface area contributed by atoms with Gasteiger partial charge in [-0.15, -0.1) is 35.7 Å². The van der Waals surface area contributed by atoms with E-state index in [0.29, 0.717) is 18.4 Å². The van der Waals surface area contributed by atoms with Gasteiger partial charge >= 0.3 is 11.9 Å². The highest BCUT2D eigenvalue weighted by Crippen LogP contribution is 2.98. The van der Waals surface area contributed by atoms with Gasteiger partial charge in [0.2, 0.25) is 0 Å². The molecule has 13 atom stereocenters. The van der Waals surface area contributed by atoms with Crippen LogP contribution in [0.2, 0.25) is 0 Å². The Hall–Kier alpha value is 0.460. The Morgan fingerprint density at radius 3 is 2.20 bits per heavy atom. The number of ether oxygens (including phenoxy) is 3. The predicted octanol–water partition coefficient (Wildman–Crippen LogP) is 7.62. The third-order valence-electron chi connectivity index (χ3n) is 10.6. The van der Waals surface area contributed by atoms with Gasteiger partial charge in [-0.3, -0.25) is 9.59 Å². The van der Waals surface area contributed by atoms with Crippen molar-refractivity contribution in [3.05, 3.63) is 47.0 Å². The molecule has 1 aromatic rings. The molecule has 3 aliphatic carbocycles. The van der Waals surface area contributed by atoms with Crippen LogP contribution in [0.4, 0.5) is 0 Å². The number of carbonyl (C=O) groups is 3. The van der Waals surface area contributed by atoms with Crippen LogP contribution in [0, 0.1) is 28.6 Å². The Labute approximate surface area is 278 Å². The molecule has 2 bridgehead atoms. The molecule has 1 saturated heterocycles. The standard InChI is InChI=1S/C30H45O8P7/c1-15-20(32)12-19-24(36-27(34)18-10-8-7-9-11-18)25-29(6,26(33)16(2)23(15)28(19,4)5)21(38-43(44(39)40)45(41)42)13-22-30(25,14-35-22)37-17(3)31/h7-11,16,19-22,24-25,32H,12-14,39-42H2,1-6H3/t16-,19?,20?,21+,22-,24-,25+,29-,30+/m1/s1. The van der Waals surface area contributed by atoms with Gasteiger partial charge < -0.3 is 23.8 Å². The largest absolute Gasteiger partial charge is 0.458 e. The summed E-state index contributed by atoms with van der Waals surface area (Å²) in [6.45, 7) is 10.1. The number of aliphatic hydroxyl groups is 1. The third kappa shape index (κ3) is 6.23. The van der Waals surface area contributed by atoms with Crippen molar-refractivity contribution in [1.29, 1.82) is 0 Å². The highest BCUT2D eigenvalue weighted by molar-refractivity contribution is 8.96. The molecule has 5 rings (SSSR count). The molecule has 1 aliphatic heterocycles. The van der Waals surface area contributed by atoms with Gasteiger partial charge in [0.1, 0.15) is 18.0 Å². The first-order valence-electron chi connectivity index (χ1n) is 15.0. The van der Waals surface area contributed by atoms with E-state index >= 15 is 4.79 Å². The summed E-state index contributed by atoms with van der Waals surface area (Å²) in [5.74, 6) is -2.81. The number of benzene rings is 1. The number of ketones is 1. The van der Waals surface area contributed by atoms with Gasteiger partial charge in [-0.1, -0.05) is 44.5 Å². The topological polar surface area (TPSA) is 108 Å². The predicted molar refractivity (Wildman–Crippen MR) is 195 cm³/mol. The fourth-order valence-corrected chi connectivity index (χ4v) is 41.6. The van der Waals surface area contributed by atoms with Crippen molar-refractivity contribution < 1.29 is 38.2 Å². The number of Topliss-reactive ketones (excluding diaryl/α,β-unsaturated/α-hetero) is 1. The van der Waals surface area contributed by atoms with Gasteiger partial charge in [-0.25, -0.2) is 4.79 Å². The minimum Gasteiger partial charge on any atom is -0.458 e. The molecule has 2 saturated carbocycles. The number of esters is 2. The summed E-state index contributed by atoms with van der Waals surface area (Å²) >= 11 is 0. The van der Waals surface area contributed by atoms with Crippen LogP contribution in [-0.2, 0) is 28.3 Å². The normalized spacial score (nSPS) is 37.4. The molecule has 15 heteroatoms. The summed E-state index contributed by atoms with van der Waals surface area (Å²) in [6, 6.07) is 8.78. The van der Waals surface area contributed by atoms with Crippen molar-refractivity contribution in [1.82, 2.24) is 0 Å². The van der Waals surface area contributed by atoms with Crippen molar-refractivity contribution in [3.63, 3.8) is 0 Å². The average molecular weight is 751 g/mol. The molecule has 0 radical (unpaired) electrons. The first-order valence-corrected chi connectivity index (χ1v) is 26.9. The Balaban J connectivity index is 1.79. The van der Waals surface area contributed by atoms with E-state index in [-0.39, 0.29) is 12.4 Å². The summed E-state index contributed by atoms with van der Waals surface area (Å²) in [6.07, 6.45) is -2.16. The van der Waals surface area contributed by atoms with Crippen LogP contribution in [0.3, 0.4) is 0 Å². The fraction of sp³-hybridized carbons (Fsp3) is 0.633. The molecule has 1 N–H and O–H groups in total. The van der Waals surface area contributed by atoms with Crippen LogP contribution in [0.25, 0.3) is 0 Å². The van der Waals surface area contributed by atoms with Gasteiger partial charge in [0.15, 0.2) is 5.60 Å². The molecule has 1 heterocycles. The molecule has 0 spiro atoms. The molecule has 45 heavy (non-hydrogen) atoms. The van der Waals surface area contributed by atoms with E-state index in [0.717, 1.165) is 11.1 Å². The van der Waals surface area contributed by atoms with E-state index in [2.05, 4.69) is 49.6 Å². The summed E-state index contributed by atoms with van der Waals surface area (Å²) in [4.78, 5) is 42.1. The molecule has 0 aromatic heterocycles. The van der Waals surface area contributed by atoms with E-state index in [9.17, 15) is 14.7 Å². The molecule has 8 nitrogen and oxygen atoms in total. The van der Waals surface area contributed by atoms with Crippen molar-refractivity contribution in [2.75, 3.05) is 6.61 Å². The maximum absolute atomic E-state index is 15.3. The molecule has 4 aliphatic rings. The molecule has 1 aromatic carbocycles. The van der Waals surface area contributed by atoms with Crippen LogP contribution in [0.5, 0.6) is 0 Å². The van der Waals surface area contributed by atoms with Crippen LogP contribution < -0.4 is 0 Å². The first-order chi connectivity index (χ1) is 21.0. The maximum Gasteiger partial charge on any atom is 0.338 e. The molecule has 248 valence electrons. The Morgan fingerprint density at radius 2 is 1.67 bits per heavy atom. The summed E-state index contributed by atoms with van der Waals surface area (Å²) in [7, 11) is 10.6. The Kier molecular flexibility index (Phi) is 11.1. The first kappa shape index (κ1) is 36.7. The van der Waals surface area contributed by atoms with Crippen LogP contribution in [0.15, 0.2) is 41.5 Å². The zero-order valence-corrected chi connectivity index (χ0v) is 33.8. The number of allylic oxidation sites excluding steroid dienone is 1. The van der Waals surface area contributed by atoms with E-state index in [1.165, 1.54) is 6.92 Å². The van der Waals surface area contributed by atoms with Crippen molar-refractivity contribution in [2.45, 2.75) is 84.4 Å². The zero-order chi connectivity index (χ0) is 33.2. The number of carbonyl (C=O) groups excluding carboxylic acids is 3. The maximum atomic E-state index is 15.3. The minimum atomic E-state index is -1.22. The van der Waals surface area contributed by atoms with Crippen molar-refractivity contribution >= 4 is 74.9 Å². The lowest BCUT2D eigenvalue weighted by atomic mass is 9.45. The zero-order valence-electron chi connectivity index (χ0n) is 26.5. The quantitative estimate of drug-likeness (QED) is 0.172. The summed E-state index contributed by atoms with van der Waals surface area (Å²) in [5.41, 5.74) is -1.01. The highest BCUT2D eigenvalue weighted by Gasteiger charge is 2.75. The Morgan fingerprint density at radius 1 is 1.04 bits per heavy atom. The van der Waals surface area contributed by atoms with Gasteiger partial charge in [-0.05, 0) is 57.4 Å². The number of rotatable bonds is 7. The van der Waals surface area contributed by atoms with E-state index in [1.54, 1.807) is 24.3 Å². The van der Waals surface area contributed by atoms with Crippen LogP contribution in [0.1, 0.15) is 64.7 Å². The van der Waals surface area contributed by atoms with Gasteiger partial charge in [0, 0.05) is 25.2 Å². The van der Waals surface area contributed by atoms with Crippen molar-refractivity contribution in [2.24, 2.45) is 28.6 Å². The second-order valence-electron chi connectivity index (χ2n) is 13.4. The molecular formula is C30H45O8P7. The average Bonchev–Trinajstić information content (AvgIpc) is 2.95. The van der Waals surface area contributed by atoms with E-state index in [1.807, 2.05) is 26.8 Å². The summed E-state index contributed by atoms with van der Waals surface area (Å²) < 4.78 is 26.1. The lowest BCUT2D eigenvalue weighted by Crippen LogP contribution is -2.79. The number of fused-ring (bicyclic) bond motifs is 5. The van der Waals surface area contributed by atoms with Gasteiger partial charge in [-0.2, -0.15) is 0 Å². The molecule has 6 unspecified atom stereocenters. The SMILES string of the molecule is CC(=O)O[C@@]12CO[C@@H]1C[C@H](OP(P(P)P)P(P)P)[C@@]1(C)C(=O)[C@H](C)C3=C(C)C(O)CC([C@@H](OC(=O)c4ccccc4)[C@H]21)C3(C)C. The minimum absolute atomic E-state index is 0.0613. The Bertz CT molecular complexity index is 1370. The van der Waals surface area contributed by atoms with Gasteiger partial charge in [0.05, 0.1) is 43.2 Å². The number of aliphatic hydroxyl groups excluding tert-OH is 1.